The molecule has 4 nitrogen and oxygen atoms in total. The fraction of sp³-hybridized carbons (Fsp3) is 0.600. The van der Waals surface area contributed by atoms with Gasteiger partial charge in [-0.25, -0.2) is 9.78 Å². The predicted molar refractivity (Wildman–Crippen MR) is 77.4 cm³/mol. The van der Waals surface area contributed by atoms with Crippen molar-refractivity contribution in [3.63, 3.8) is 0 Å². The summed E-state index contributed by atoms with van der Waals surface area (Å²) < 4.78 is 5.37. The summed E-state index contributed by atoms with van der Waals surface area (Å²) in [5.74, 6) is 0.660. The number of anilines is 1. The summed E-state index contributed by atoms with van der Waals surface area (Å²) in [7, 11) is 0. The maximum Gasteiger partial charge on any atom is 0.415 e. The van der Waals surface area contributed by atoms with Gasteiger partial charge in [0.25, 0.3) is 0 Å². The lowest BCUT2D eigenvalue weighted by molar-refractivity contribution is 0.0728. The molecule has 1 amide bonds. The Hall–Kier alpha value is -1.58. The Labute approximate surface area is 115 Å². The van der Waals surface area contributed by atoms with Crippen LogP contribution >= 0.6 is 0 Å². The standard InChI is InChI=1S/C13H18N2O2.C2H6/c1-9-5-6-11(14-7-9)15-8-10(13(2,3)4)17-12(15)16;1-2/h5-7,10H,8H2,1-4H3;1-2H3. The molecule has 2 heterocycles. The molecule has 1 fully saturated rings. The fourth-order valence-corrected chi connectivity index (χ4v) is 1.72. The van der Waals surface area contributed by atoms with E-state index in [1.165, 1.54) is 0 Å². The zero-order valence-electron chi connectivity index (χ0n) is 12.7. The maximum absolute atomic E-state index is 11.8. The highest BCUT2D eigenvalue weighted by Gasteiger charge is 2.39. The molecule has 0 spiro atoms. The Morgan fingerprint density at radius 2 is 1.95 bits per heavy atom. The van der Waals surface area contributed by atoms with Crippen LogP contribution in [-0.2, 0) is 4.74 Å². The Morgan fingerprint density at radius 1 is 1.32 bits per heavy atom. The van der Waals surface area contributed by atoms with E-state index >= 15 is 0 Å². The van der Waals surface area contributed by atoms with Gasteiger partial charge in [-0.2, -0.15) is 0 Å². The van der Waals surface area contributed by atoms with Gasteiger partial charge >= 0.3 is 6.09 Å². The first kappa shape index (κ1) is 15.5. The largest absolute Gasteiger partial charge is 0.443 e. The van der Waals surface area contributed by atoms with Crippen molar-refractivity contribution in [2.45, 2.75) is 47.6 Å². The number of nitrogens with zero attached hydrogens (tertiary/aromatic N) is 2. The first-order chi connectivity index (χ1) is 8.88. The maximum atomic E-state index is 11.8. The number of carbonyl (C=O) groups is 1. The summed E-state index contributed by atoms with van der Waals surface area (Å²) in [5.41, 5.74) is 1.03. The van der Waals surface area contributed by atoms with Gasteiger partial charge in [0, 0.05) is 11.6 Å². The predicted octanol–water partition coefficient (Wildman–Crippen LogP) is 3.79. The van der Waals surface area contributed by atoms with Gasteiger partial charge in [-0.15, -0.1) is 0 Å². The van der Waals surface area contributed by atoms with E-state index in [9.17, 15) is 4.79 Å². The molecule has 19 heavy (non-hydrogen) atoms. The molecular formula is C15H24N2O2. The molecule has 0 N–H and O–H groups in total. The van der Waals surface area contributed by atoms with Crippen LogP contribution in [-0.4, -0.2) is 23.7 Å². The monoisotopic (exact) mass is 264 g/mol. The van der Waals surface area contributed by atoms with E-state index in [2.05, 4.69) is 25.8 Å². The molecule has 1 saturated heterocycles. The van der Waals surface area contributed by atoms with Gasteiger partial charge < -0.3 is 4.74 Å². The summed E-state index contributed by atoms with van der Waals surface area (Å²) >= 11 is 0. The lowest BCUT2D eigenvalue weighted by Gasteiger charge is -2.24. The number of ether oxygens (including phenoxy) is 1. The first-order valence-corrected chi connectivity index (χ1v) is 6.79. The van der Waals surface area contributed by atoms with E-state index in [4.69, 9.17) is 4.74 Å². The molecule has 1 aliphatic rings. The third-order valence-corrected chi connectivity index (χ3v) is 2.95. The Morgan fingerprint density at radius 3 is 2.37 bits per heavy atom. The molecule has 106 valence electrons. The minimum Gasteiger partial charge on any atom is -0.443 e. The summed E-state index contributed by atoms with van der Waals surface area (Å²) in [6, 6.07) is 3.79. The quantitative estimate of drug-likeness (QED) is 0.775. The van der Waals surface area contributed by atoms with Crippen molar-refractivity contribution in [1.82, 2.24) is 4.98 Å². The minimum absolute atomic E-state index is 0.0465. The SMILES string of the molecule is CC.Cc1ccc(N2CC(C(C)(C)C)OC2=O)nc1. The van der Waals surface area contributed by atoms with E-state index in [-0.39, 0.29) is 17.6 Å². The van der Waals surface area contributed by atoms with Crippen molar-refractivity contribution in [1.29, 1.82) is 0 Å². The number of cyclic esters (lactones) is 1. The topological polar surface area (TPSA) is 42.4 Å². The van der Waals surface area contributed by atoms with Gasteiger partial charge in [0.2, 0.25) is 0 Å². The van der Waals surface area contributed by atoms with Crippen molar-refractivity contribution < 1.29 is 9.53 Å². The van der Waals surface area contributed by atoms with Crippen molar-refractivity contribution >= 4 is 11.9 Å². The Balaban J connectivity index is 0.000000861. The van der Waals surface area contributed by atoms with Gasteiger partial charge in [0.15, 0.2) is 0 Å². The van der Waals surface area contributed by atoms with Crippen molar-refractivity contribution in [3.05, 3.63) is 23.9 Å². The van der Waals surface area contributed by atoms with E-state index in [1.54, 1.807) is 11.1 Å². The van der Waals surface area contributed by atoms with Crippen LogP contribution in [0.3, 0.4) is 0 Å². The van der Waals surface area contributed by atoms with E-state index in [1.807, 2.05) is 32.9 Å². The van der Waals surface area contributed by atoms with Gasteiger partial charge in [0.1, 0.15) is 11.9 Å². The van der Waals surface area contributed by atoms with Crippen LogP contribution in [0.15, 0.2) is 18.3 Å². The highest BCUT2D eigenvalue weighted by atomic mass is 16.6. The zero-order chi connectivity index (χ0) is 14.6. The van der Waals surface area contributed by atoms with Gasteiger partial charge in [0.05, 0.1) is 6.54 Å². The minimum atomic E-state index is -0.304. The van der Waals surface area contributed by atoms with Gasteiger partial charge in [-0.05, 0) is 18.6 Å². The number of hydrogen-bond donors (Lipinski definition) is 0. The van der Waals surface area contributed by atoms with Crippen LogP contribution in [0.2, 0.25) is 0 Å². The normalized spacial score (nSPS) is 18.7. The van der Waals surface area contributed by atoms with E-state index in [0.717, 1.165) is 5.56 Å². The van der Waals surface area contributed by atoms with E-state index < -0.39 is 0 Å². The second kappa shape index (κ2) is 6.04. The number of amides is 1. The van der Waals surface area contributed by atoms with Crippen molar-refractivity contribution in [2.24, 2.45) is 5.41 Å². The van der Waals surface area contributed by atoms with Crippen molar-refractivity contribution in [3.8, 4) is 0 Å². The van der Waals surface area contributed by atoms with Gasteiger partial charge in [-0.1, -0.05) is 40.7 Å². The number of aryl methyl sites for hydroxylation is 1. The molecule has 0 aliphatic carbocycles. The Kier molecular flexibility index (Phi) is 4.92. The first-order valence-electron chi connectivity index (χ1n) is 6.79. The molecule has 1 unspecified atom stereocenters. The van der Waals surface area contributed by atoms with Crippen LogP contribution in [0.25, 0.3) is 0 Å². The Bertz CT molecular complexity index is 421. The van der Waals surface area contributed by atoms with Crippen molar-refractivity contribution in [2.75, 3.05) is 11.4 Å². The molecular weight excluding hydrogens is 240 g/mol. The molecule has 0 saturated carbocycles. The highest BCUT2D eigenvalue weighted by Crippen LogP contribution is 2.30. The number of rotatable bonds is 1. The van der Waals surface area contributed by atoms with Crippen LogP contribution in [0.5, 0.6) is 0 Å². The number of aromatic nitrogens is 1. The molecule has 0 radical (unpaired) electrons. The molecule has 1 atom stereocenters. The zero-order valence-corrected chi connectivity index (χ0v) is 12.7. The van der Waals surface area contributed by atoms with Crippen LogP contribution in [0, 0.1) is 12.3 Å². The number of carbonyl (C=O) groups excluding carboxylic acids is 1. The third-order valence-electron chi connectivity index (χ3n) is 2.95. The molecule has 4 heteroatoms. The number of pyridine rings is 1. The molecule has 2 rings (SSSR count). The fourth-order valence-electron chi connectivity index (χ4n) is 1.72. The number of hydrogen-bond acceptors (Lipinski definition) is 3. The second-order valence-corrected chi connectivity index (χ2v) is 5.54. The summed E-state index contributed by atoms with van der Waals surface area (Å²) in [4.78, 5) is 17.6. The van der Waals surface area contributed by atoms with Crippen LogP contribution in [0.1, 0.15) is 40.2 Å². The summed E-state index contributed by atoms with van der Waals surface area (Å²) in [6.07, 6.45) is 1.37. The summed E-state index contributed by atoms with van der Waals surface area (Å²) in [6.45, 7) is 12.7. The molecule has 0 aromatic carbocycles. The molecule has 1 aliphatic heterocycles. The highest BCUT2D eigenvalue weighted by molar-refractivity contribution is 5.88. The molecule has 1 aromatic heterocycles. The lowest BCUT2D eigenvalue weighted by atomic mass is 9.89. The van der Waals surface area contributed by atoms with Crippen LogP contribution < -0.4 is 4.90 Å². The lowest BCUT2D eigenvalue weighted by Crippen LogP contribution is -2.31. The average Bonchev–Trinajstić information content (AvgIpc) is 2.75. The smallest absolute Gasteiger partial charge is 0.415 e. The molecule has 0 bridgehead atoms. The second-order valence-electron chi connectivity index (χ2n) is 5.54. The summed E-state index contributed by atoms with van der Waals surface area (Å²) in [5, 5.41) is 0. The molecule has 1 aromatic rings. The van der Waals surface area contributed by atoms with Gasteiger partial charge in [-0.3, -0.25) is 4.90 Å². The average molecular weight is 264 g/mol. The van der Waals surface area contributed by atoms with E-state index in [0.29, 0.717) is 12.4 Å². The van der Waals surface area contributed by atoms with Crippen LogP contribution in [0.4, 0.5) is 10.6 Å². The third kappa shape index (κ3) is 3.69.